The van der Waals surface area contributed by atoms with Gasteiger partial charge in [-0.3, -0.25) is 4.79 Å². The highest BCUT2D eigenvalue weighted by Crippen LogP contribution is 2.24. The number of nitrogens with one attached hydrogen (secondary N) is 1. The summed E-state index contributed by atoms with van der Waals surface area (Å²) < 4.78 is 7.26. The first-order chi connectivity index (χ1) is 9.54. The monoisotopic (exact) mass is 446 g/mol. The molecule has 0 aliphatic rings. The van der Waals surface area contributed by atoms with Crippen molar-refractivity contribution in [2.45, 2.75) is 0 Å². The average molecular weight is 447 g/mol. The van der Waals surface area contributed by atoms with Crippen molar-refractivity contribution in [3.05, 3.63) is 50.5 Å². The summed E-state index contributed by atoms with van der Waals surface area (Å²) in [6.07, 6.45) is 0. The van der Waals surface area contributed by atoms with Crippen LogP contribution in [0.15, 0.2) is 46.9 Å². The van der Waals surface area contributed by atoms with Crippen molar-refractivity contribution < 1.29 is 9.53 Å². The highest BCUT2D eigenvalue weighted by molar-refractivity contribution is 14.1. The summed E-state index contributed by atoms with van der Waals surface area (Å²) in [6.45, 7) is -0.0442. The molecule has 0 fully saturated rings. The molecule has 2 aromatic carbocycles. The number of amides is 1. The second-order valence-electron chi connectivity index (χ2n) is 4.03. The standard InChI is InChI=1S/C14H12BrIN2O2/c15-12-7-10(17)3-6-13(12)18-14(19)8-20-11-4-1-9(16)2-5-11/h1-7H,8,17H2,(H,18,19). The predicted octanol–water partition coefficient (Wildman–Crippen LogP) is 3.65. The number of nitrogens with two attached hydrogens (primary N) is 1. The third kappa shape index (κ3) is 4.38. The first kappa shape index (κ1) is 15.1. The van der Waals surface area contributed by atoms with E-state index in [0.717, 1.165) is 8.04 Å². The summed E-state index contributed by atoms with van der Waals surface area (Å²) in [5.41, 5.74) is 6.93. The van der Waals surface area contributed by atoms with Crippen molar-refractivity contribution >= 4 is 55.8 Å². The van der Waals surface area contributed by atoms with Crippen molar-refractivity contribution in [1.82, 2.24) is 0 Å². The molecule has 0 unspecified atom stereocenters. The maximum atomic E-state index is 11.8. The van der Waals surface area contributed by atoms with Gasteiger partial charge in [0.25, 0.3) is 5.91 Å². The lowest BCUT2D eigenvalue weighted by Crippen LogP contribution is -2.20. The third-order valence-corrected chi connectivity index (χ3v) is 3.83. The Kier molecular flexibility index (Phi) is 5.24. The lowest BCUT2D eigenvalue weighted by Gasteiger charge is -2.09. The molecular formula is C14H12BrIN2O2. The summed E-state index contributed by atoms with van der Waals surface area (Å²) in [5, 5.41) is 2.75. The van der Waals surface area contributed by atoms with E-state index < -0.39 is 0 Å². The van der Waals surface area contributed by atoms with Crippen molar-refractivity contribution in [2.24, 2.45) is 0 Å². The third-order valence-electron chi connectivity index (χ3n) is 2.45. The normalized spacial score (nSPS) is 10.1. The maximum absolute atomic E-state index is 11.8. The molecule has 2 aromatic rings. The van der Waals surface area contributed by atoms with Gasteiger partial charge in [0.1, 0.15) is 5.75 Å². The van der Waals surface area contributed by atoms with E-state index in [2.05, 4.69) is 43.8 Å². The van der Waals surface area contributed by atoms with E-state index >= 15 is 0 Å². The number of hydrogen-bond acceptors (Lipinski definition) is 3. The maximum Gasteiger partial charge on any atom is 0.262 e. The van der Waals surface area contributed by atoms with Crippen LogP contribution in [0.1, 0.15) is 0 Å². The number of hydrogen-bond donors (Lipinski definition) is 2. The summed E-state index contributed by atoms with van der Waals surface area (Å²) >= 11 is 5.55. The first-order valence-electron chi connectivity index (χ1n) is 5.78. The summed E-state index contributed by atoms with van der Waals surface area (Å²) in [6, 6.07) is 12.7. The second-order valence-corrected chi connectivity index (χ2v) is 6.13. The van der Waals surface area contributed by atoms with Crippen LogP contribution in [-0.2, 0) is 4.79 Å². The Morgan fingerprint density at radius 1 is 1.25 bits per heavy atom. The number of rotatable bonds is 4. The van der Waals surface area contributed by atoms with Crippen LogP contribution in [0, 0.1) is 3.57 Å². The van der Waals surface area contributed by atoms with Gasteiger partial charge in [0.15, 0.2) is 6.61 Å². The van der Waals surface area contributed by atoms with Crippen LogP contribution in [0.5, 0.6) is 5.75 Å². The molecule has 104 valence electrons. The SMILES string of the molecule is Nc1ccc(NC(=O)COc2ccc(I)cc2)c(Br)c1. The van der Waals surface area contributed by atoms with Gasteiger partial charge in [0.05, 0.1) is 5.69 Å². The van der Waals surface area contributed by atoms with Gasteiger partial charge in [-0.2, -0.15) is 0 Å². The Balaban J connectivity index is 1.90. The van der Waals surface area contributed by atoms with Gasteiger partial charge < -0.3 is 15.8 Å². The Hall–Kier alpha value is -1.28. The number of carbonyl (C=O) groups excluding carboxylic acids is 1. The molecule has 6 heteroatoms. The molecule has 0 saturated heterocycles. The average Bonchev–Trinajstić information content (AvgIpc) is 2.41. The molecule has 0 aliphatic heterocycles. The van der Waals surface area contributed by atoms with Gasteiger partial charge in [-0.25, -0.2) is 0 Å². The smallest absolute Gasteiger partial charge is 0.262 e. The van der Waals surface area contributed by atoms with Gasteiger partial charge in [0.2, 0.25) is 0 Å². The minimum Gasteiger partial charge on any atom is -0.484 e. The van der Waals surface area contributed by atoms with E-state index in [1.807, 2.05) is 24.3 Å². The molecule has 4 nitrogen and oxygen atoms in total. The highest BCUT2D eigenvalue weighted by atomic mass is 127. The van der Waals surface area contributed by atoms with E-state index in [4.69, 9.17) is 10.5 Å². The van der Waals surface area contributed by atoms with Crippen LogP contribution < -0.4 is 15.8 Å². The molecule has 3 N–H and O–H groups in total. The zero-order valence-electron chi connectivity index (χ0n) is 10.4. The molecular weight excluding hydrogens is 435 g/mol. The van der Waals surface area contributed by atoms with E-state index in [-0.39, 0.29) is 12.5 Å². The van der Waals surface area contributed by atoms with Crippen molar-refractivity contribution in [3.8, 4) is 5.75 Å². The fourth-order valence-corrected chi connectivity index (χ4v) is 2.35. The van der Waals surface area contributed by atoms with Gasteiger partial charge in [-0.05, 0) is 81.0 Å². The minimum absolute atomic E-state index is 0.0442. The summed E-state index contributed by atoms with van der Waals surface area (Å²) in [4.78, 5) is 11.8. The topological polar surface area (TPSA) is 64.3 Å². The van der Waals surface area contributed by atoms with Crippen LogP contribution in [0.25, 0.3) is 0 Å². The predicted molar refractivity (Wildman–Crippen MR) is 91.8 cm³/mol. The van der Waals surface area contributed by atoms with Crippen LogP contribution >= 0.6 is 38.5 Å². The van der Waals surface area contributed by atoms with E-state index in [0.29, 0.717) is 17.1 Å². The molecule has 0 atom stereocenters. The summed E-state index contributed by atoms with van der Waals surface area (Å²) in [5.74, 6) is 0.436. The van der Waals surface area contributed by atoms with Crippen LogP contribution in [0.3, 0.4) is 0 Å². The molecule has 0 aliphatic carbocycles. The Labute approximate surface area is 139 Å². The van der Waals surface area contributed by atoms with E-state index in [1.54, 1.807) is 18.2 Å². The summed E-state index contributed by atoms with van der Waals surface area (Å²) in [7, 11) is 0. The van der Waals surface area contributed by atoms with Crippen LogP contribution in [-0.4, -0.2) is 12.5 Å². The highest BCUT2D eigenvalue weighted by Gasteiger charge is 2.06. The lowest BCUT2D eigenvalue weighted by molar-refractivity contribution is -0.118. The minimum atomic E-state index is -0.228. The molecule has 0 heterocycles. The molecule has 20 heavy (non-hydrogen) atoms. The van der Waals surface area contributed by atoms with E-state index in [1.165, 1.54) is 0 Å². The molecule has 0 aromatic heterocycles. The Morgan fingerprint density at radius 2 is 1.95 bits per heavy atom. The quantitative estimate of drug-likeness (QED) is 0.556. The van der Waals surface area contributed by atoms with E-state index in [9.17, 15) is 4.79 Å². The fourth-order valence-electron chi connectivity index (χ4n) is 1.50. The van der Waals surface area contributed by atoms with Gasteiger partial charge in [-0.1, -0.05) is 0 Å². The lowest BCUT2D eigenvalue weighted by atomic mass is 10.3. The fraction of sp³-hybridized carbons (Fsp3) is 0.0714. The molecule has 0 radical (unpaired) electrons. The van der Waals surface area contributed by atoms with Gasteiger partial charge >= 0.3 is 0 Å². The largest absolute Gasteiger partial charge is 0.484 e. The molecule has 0 spiro atoms. The first-order valence-corrected chi connectivity index (χ1v) is 7.65. The van der Waals surface area contributed by atoms with Gasteiger partial charge in [-0.15, -0.1) is 0 Å². The van der Waals surface area contributed by atoms with Crippen molar-refractivity contribution in [1.29, 1.82) is 0 Å². The number of halogens is 2. The van der Waals surface area contributed by atoms with Crippen molar-refractivity contribution in [3.63, 3.8) is 0 Å². The number of benzene rings is 2. The molecule has 0 saturated carbocycles. The Bertz CT molecular complexity index is 617. The zero-order valence-corrected chi connectivity index (χ0v) is 14.1. The van der Waals surface area contributed by atoms with Crippen LogP contribution in [0.2, 0.25) is 0 Å². The molecule has 1 amide bonds. The number of carbonyl (C=O) groups is 1. The number of nitrogen functional groups attached to an aromatic ring is 1. The zero-order chi connectivity index (χ0) is 14.5. The van der Waals surface area contributed by atoms with Crippen LogP contribution in [0.4, 0.5) is 11.4 Å². The van der Waals surface area contributed by atoms with Crippen molar-refractivity contribution in [2.75, 3.05) is 17.7 Å². The van der Waals surface area contributed by atoms with Gasteiger partial charge in [0, 0.05) is 13.7 Å². The number of anilines is 2. The molecule has 2 rings (SSSR count). The second kappa shape index (κ2) is 6.94. The molecule has 0 bridgehead atoms. The number of ether oxygens (including phenoxy) is 1. The Morgan fingerprint density at radius 3 is 2.60 bits per heavy atom.